The van der Waals surface area contributed by atoms with Crippen LogP contribution in [0.4, 0.5) is 11.6 Å². The Morgan fingerprint density at radius 2 is 2.16 bits per heavy atom. The van der Waals surface area contributed by atoms with Gasteiger partial charge in [0.1, 0.15) is 11.6 Å². The molecule has 102 valence electrons. The minimum atomic E-state index is 0.433. The normalized spacial score (nSPS) is 12.2. The van der Waals surface area contributed by atoms with E-state index in [2.05, 4.69) is 65.7 Å². The lowest BCUT2D eigenvalue weighted by molar-refractivity contribution is 0.680. The second-order valence-corrected chi connectivity index (χ2v) is 5.69. The summed E-state index contributed by atoms with van der Waals surface area (Å²) in [5, 5.41) is 5.38. The summed E-state index contributed by atoms with van der Waals surface area (Å²) >= 11 is 1.82. The first-order chi connectivity index (χ1) is 9.20. The number of hydrogen-bond donors (Lipinski definition) is 1. The highest BCUT2D eigenvalue weighted by Crippen LogP contribution is 2.19. The molecule has 0 aliphatic heterocycles. The second-order valence-electron chi connectivity index (χ2n) is 4.65. The quantitative estimate of drug-likeness (QED) is 0.872. The van der Waals surface area contributed by atoms with Gasteiger partial charge in [0.25, 0.3) is 0 Å². The molecule has 0 saturated heterocycles. The molecule has 0 aliphatic rings. The average Bonchev–Trinajstić information content (AvgIpc) is 2.91. The summed E-state index contributed by atoms with van der Waals surface area (Å²) in [4.78, 5) is 8.29. The molecule has 2 heterocycles. The van der Waals surface area contributed by atoms with Gasteiger partial charge in [0.15, 0.2) is 0 Å². The van der Waals surface area contributed by atoms with Crippen LogP contribution >= 0.6 is 11.3 Å². The molecule has 0 aromatic carbocycles. The molecule has 0 bridgehead atoms. The highest BCUT2D eigenvalue weighted by Gasteiger charge is 2.12. The Morgan fingerprint density at radius 1 is 1.32 bits per heavy atom. The number of pyridine rings is 1. The second kappa shape index (κ2) is 6.57. The van der Waals surface area contributed by atoms with Gasteiger partial charge in [-0.2, -0.15) is 0 Å². The van der Waals surface area contributed by atoms with E-state index in [9.17, 15) is 0 Å². The van der Waals surface area contributed by atoms with Gasteiger partial charge in [-0.25, -0.2) is 4.98 Å². The lowest BCUT2D eigenvalue weighted by atomic mass is 10.2. The number of likely N-dealkylation sites (N-methyl/N-ethyl adjacent to an activating group) is 1. The van der Waals surface area contributed by atoms with Crippen molar-refractivity contribution in [3.05, 3.63) is 40.6 Å². The maximum absolute atomic E-state index is 4.63. The number of thiophene rings is 1. The van der Waals surface area contributed by atoms with E-state index in [1.54, 1.807) is 0 Å². The number of anilines is 2. The number of aromatic nitrogens is 1. The summed E-state index contributed by atoms with van der Waals surface area (Å²) in [5.41, 5.74) is 0. The van der Waals surface area contributed by atoms with Crippen LogP contribution in [0.2, 0.25) is 0 Å². The lowest BCUT2D eigenvalue weighted by Crippen LogP contribution is -2.31. The van der Waals surface area contributed by atoms with E-state index >= 15 is 0 Å². The third-order valence-corrected chi connectivity index (χ3v) is 4.09. The summed E-state index contributed by atoms with van der Waals surface area (Å²) in [7, 11) is 2.11. The molecular formula is C15H21N3S. The Morgan fingerprint density at radius 3 is 2.84 bits per heavy atom. The van der Waals surface area contributed by atoms with E-state index in [-0.39, 0.29) is 0 Å². The van der Waals surface area contributed by atoms with Gasteiger partial charge in [-0.15, -0.1) is 11.3 Å². The van der Waals surface area contributed by atoms with Crippen LogP contribution in [0, 0.1) is 0 Å². The molecule has 0 fully saturated rings. The van der Waals surface area contributed by atoms with E-state index in [4.69, 9.17) is 0 Å². The lowest BCUT2D eigenvalue weighted by Gasteiger charge is -2.26. The Bertz CT molecular complexity index is 496. The van der Waals surface area contributed by atoms with Gasteiger partial charge in [-0.3, -0.25) is 0 Å². The monoisotopic (exact) mass is 275 g/mol. The van der Waals surface area contributed by atoms with Crippen LogP contribution in [-0.2, 0) is 6.42 Å². The zero-order chi connectivity index (χ0) is 13.7. The fourth-order valence-electron chi connectivity index (χ4n) is 1.98. The third-order valence-electron chi connectivity index (χ3n) is 3.19. The Balaban J connectivity index is 2.05. The van der Waals surface area contributed by atoms with Crippen molar-refractivity contribution in [2.45, 2.75) is 26.3 Å². The van der Waals surface area contributed by atoms with Gasteiger partial charge in [0.2, 0.25) is 0 Å². The molecule has 19 heavy (non-hydrogen) atoms. The summed E-state index contributed by atoms with van der Waals surface area (Å²) in [6.45, 7) is 5.21. The minimum absolute atomic E-state index is 0.433. The van der Waals surface area contributed by atoms with Crippen molar-refractivity contribution in [3.63, 3.8) is 0 Å². The molecule has 2 aromatic heterocycles. The molecule has 0 spiro atoms. The van der Waals surface area contributed by atoms with Gasteiger partial charge in [0, 0.05) is 30.9 Å². The SMILES string of the molecule is CCNc1cccc(N(C)C(C)Cc2cccs2)n1. The highest BCUT2D eigenvalue weighted by molar-refractivity contribution is 7.09. The maximum Gasteiger partial charge on any atom is 0.130 e. The number of hydrogen-bond acceptors (Lipinski definition) is 4. The molecule has 2 aromatic rings. The first-order valence-electron chi connectivity index (χ1n) is 6.67. The van der Waals surface area contributed by atoms with Crippen molar-refractivity contribution in [1.82, 2.24) is 4.98 Å². The van der Waals surface area contributed by atoms with Crippen molar-refractivity contribution in [3.8, 4) is 0 Å². The third kappa shape index (κ3) is 3.70. The van der Waals surface area contributed by atoms with Gasteiger partial charge >= 0.3 is 0 Å². The standard InChI is InChI=1S/C15H21N3S/c1-4-16-14-8-5-9-15(17-14)18(3)12(2)11-13-7-6-10-19-13/h5-10,12H,4,11H2,1-3H3,(H,16,17). The molecule has 0 aliphatic carbocycles. The largest absolute Gasteiger partial charge is 0.370 e. The topological polar surface area (TPSA) is 28.2 Å². The summed E-state index contributed by atoms with van der Waals surface area (Å²) in [6.07, 6.45) is 1.06. The number of nitrogens with zero attached hydrogens (tertiary/aromatic N) is 2. The molecule has 1 unspecified atom stereocenters. The number of nitrogens with one attached hydrogen (secondary N) is 1. The Kier molecular flexibility index (Phi) is 4.80. The first-order valence-corrected chi connectivity index (χ1v) is 7.54. The summed E-state index contributed by atoms with van der Waals surface area (Å²) < 4.78 is 0. The molecule has 1 atom stereocenters. The summed E-state index contributed by atoms with van der Waals surface area (Å²) in [5.74, 6) is 1.96. The highest BCUT2D eigenvalue weighted by atomic mass is 32.1. The van der Waals surface area contributed by atoms with E-state index < -0.39 is 0 Å². The van der Waals surface area contributed by atoms with Crippen molar-refractivity contribution in [2.24, 2.45) is 0 Å². The average molecular weight is 275 g/mol. The first kappa shape index (κ1) is 13.9. The molecule has 4 heteroatoms. The summed E-state index contributed by atoms with van der Waals surface area (Å²) in [6, 6.07) is 10.8. The van der Waals surface area contributed by atoms with Crippen molar-refractivity contribution in [1.29, 1.82) is 0 Å². The number of rotatable bonds is 6. The zero-order valence-corrected chi connectivity index (χ0v) is 12.6. The molecule has 2 rings (SSSR count). The van der Waals surface area contributed by atoms with Crippen LogP contribution in [0.1, 0.15) is 18.7 Å². The Labute approximate surface area is 119 Å². The molecule has 0 radical (unpaired) electrons. The predicted octanol–water partition coefficient (Wildman–Crippen LogP) is 3.64. The zero-order valence-electron chi connectivity index (χ0n) is 11.8. The minimum Gasteiger partial charge on any atom is -0.370 e. The smallest absolute Gasteiger partial charge is 0.130 e. The van der Waals surface area contributed by atoms with Gasteiger partial charge in [-0.05, 0) is 37.4 Å². The van der Waals surface area contributed by atoms with Crippen LogP contribution in [-0.4, -0.2) is 24.6 Å². The Hall–Kier alpha value is -1.55. The van der Waals surface area contributed by atoms with Crippen LogP contribution in [0.3, 0.4) is 0 Å². The van der Waals surface area contributed by atoms with E-state index in [0.717, 1.165) is 24.6 Å². The van der Waals surface area contributed by atoms with Crippen LogP contribution in [0.25, 0.3) is 0 Å². The van der Waals surface area contributed by atoms with E-state index in [1.165, 1.54) is 4.88 Å². The fraction of sp³-hybridized carbons (Fsp3) is 0.400. The molecule has 1 N–H and O–H groups in total. The molecule has 3 nitrogen and oxygen atoms in total. The van der Waals surface area contributed by atoms with Gasteiger partial charge < -0.3 is 10.2 Å². The fourth-order valence-corrected chi connectivity index (χ4v) is 2.81. The van der Waals surface area contributed by atoms with Gasteiger partial charge in [0.05, 0.1) is 0 Å². The molecule has 0 saturated carbocycles. The molecule has 0 amide bonds. The van der Waals surface area contributed by atoms with Crippen molar-refractivity contribution >= 4 is 23.0 Å². The van der Waals surface area contributed by atoms with E-state index in [0.29, 0.717) is 6.04 Å². The van der Waals surface area contributed by atoms with Crippen LogP contribution in [0.15, 0.2) is 35.7 Å². The van der Waals surface area contributed by atoms with Crippen molar-refractivity contribution < 1.29 is 0 Å². The predicted molar refractivity (Wildman–Crippen MR) is 84.3 cm³/mol. The van der Waals surface area contributed by atoms with Crippen LogP contribution in [0.5, 0.6) is 0 Å². The van der Waals surface area contributed by atoms with Crippen molar-refractivity contribution in [2.75, 3.05) is 23.8 Å². The molecular weight excluding hydrogens is 254 g/mol. The van der Waals surface area contributed by atoms with Crippen LogP contribution < -0.4 is 10.2 Å². The van der Waals surface area contributed by atoms with Gasteiger partial charge in [-0.1, -0.05) is 12.1 Å². The van der Waals surface area contributed by atoms with E-state index in [1.807, 2.05) is 17.4 Å². The maximum atomic E-state index is 4.63.